The van der Waals surface area contributed by atoms with Crippen molar-refractivity contribution >= 4 is 80.7 Å². The lowest BCUT2D eigenvalue weighted by atomic mass is 10.1. The smallest absolute Gasteiger partial charge is 0.419 e. The zero-order valence-corrected chi connectivity index (χ0v) is 36.0. The number of pyridine rings is 2. The van der Waals surface area contributed by atoms with Gasteiger partial charge in [0.15, 0.2) is 0 Å². The van der Waals surface area contributed by atoms with Crippen molar-refractivity contribution in [3.63, 3.8) is 0 Å². The summed E-state index contributed by atoms with van der Waals surface area (Å²) >= 11 is 18.3. The van der Waals surface area contributed by atoms with Crippen molar-refractivity contribution < 1.29 is 38.1 Å². The van der Waals surface area contributed by atoms with Crippen molar-refractivity contribution in [2.45, 2.75) is 79.4 Å². The molecular formula is C44H49Cl3N4O8. The third-order valence-corrected chi connectivity index (χ3v) is 8.83. The maximum atomic E-state index is 12.4. The molecule has 15 heteroatoms. The molecule has 0 unspecified atom stereocenters. The van der Waals surface area contributed by atoms with Crippen molar-refractivity contribution in [1.82, 2.24) is 19.1 Å². The molecule has 0 saturated heterocycles. The van der Waals surface area contributed by atoms with Gasteiger partial charge in [0, 0.05) is 59.2 Å². The highest BCUT2D eigenvalue weighted by molar-refractivity contribution is 6.36. The lowest BCUT2D eigenvalue weighted by molar-refractivity contribution is 0.0533. The lowest BCUT2D eigenvalue weighted by Gasteiger charge is -2.19. The maximum Gasteiger partial charge on any atom is 0.419 e. The molecule has 0 aliphatic rings. The molecule has 59 heavy (non-hydrogen) atoms. The van der Waals surface area contributed by atoms with Crippen LogP contribution >= 0.6 is 34.8 Å². The van der Waals surface area contributed by atoms with E-state index in [2.05, 4.69) is 14.7 Å². The number of alkyl halides is 1. The van der Waals surface area contributed by atoms with Gasteiger partial charge in [0.25, 0.3) is 0 Å². The van der Waals surface area contributed by atoms with E-state index >= 15 is 0 Å². The molecule has 0 fully saturated rings. The van der Waals surface area contributed by atoms with E-state index in [1.54, 1.807) is 49.1 Å². The Kier molecular flexibility index (Phi) is 16.7. The first-order chi connectivity index (χ1) is 27.2. The van der Waals surface area contributed by atoms with Gasteiger partial charge in [0.1, 0.15) is 11.2 Å². The molecule has 0 atom stereocenters. The molecule has 4 heterocycles. The molecule has 0 aliphatic carbocycles. The molecule has 0 radical (unpaired) electrons. The molecule has 12 nitrogen and oxygen atoms in total. The number of carbonyl (C=O) groups excluding carboxylic acids is 4. The van der Waals surface area contributed by atoms with Crippen molar-refractivity contribution in [3.8, 4) is 0 Å². The van der Waals surface area contributed by atoms with Crippen molar-refractivity contribution in [2.75, 3.05) is 14.2 Å². The van der Waals surface area contributed by atoms with Gasteiger partial charge in [0.2, 0.25) is 0 Å². The van der Waals surface area contributed by atoms with Gasteiger partial charge in [0.05, 0.1) is 46.4 Å². The van der Waals surface area contributed by atoms with Crippen LogP contribution in [0.5, 0.6) is 0 Å². The van der Waals surface area contributed by atoms with Gasteiger partial charge < -0.3 is 18.9 Å². The SMILES string of the molecule is C.CC(C)(C)OC(=O)n1cc(Cl)c2cc(CCl)ccc21.COC(=O)c1ccnc(C)c1.COC(=O)c1ccnc(Cc2ccc3c(c2)c(Cl)cn3C(=O)OC(C)(C)C)c1. The number of hydrogen-bond donors (Lipinski definition) is 0. The number of rotatable bonds is 5. The van der Waals surface area contributed by atoms with Gasteiger partial charge in [-0.2, -0.15) is 0 Å². The molecule has 0 spiro atoms. The molecule has 6 aromatic rings. The Balaban J connectivity index is 0.000000259. The monoisotopic (exact) mass is 866 g/mol. The third kappa shape index (κ3) is 13.3. The van der Waals surface area contributed by atoms with Crippen LogP contribution in [0.15, 0.2) is 85.5 Å². The average molecular weight is 868 g/mol. The summed E-state index contributed by atoms with van der Waals surface area (Å²) < 4.78 is 22.9. The highest BCUT2D eigenvalue weighted by atomic mass is 35.5. The molecule has 0 amide bonds. The number of ether oxygens (including phenoxy) is 4. The summed E-state index contributed by atoms with van der Waals surface area (Å²) in [5, 5.41) is 2.51. The topological polar surface area (TPSA) is 141 Å². The molecule has 0 aliphatic heterocycles. The summed E-state index contributed by atoms with van der Waals surface area (Å²) in [6, 6.07) is 17.8. The van der Waals surface area contributed by atoms with Crippen LogP contribution in [-0.4, -0.2) is 68.6 Å². The number of esters is 2. The average Bonchev–Trinajstić information content (AvgIpc) is 3.68. The van der Waals surface area contributed by atoms with Crippen molar-refractivity contribution in [3.05, 3.63) is 129 Å². The van der Waals surface area contributed by atoms with E-state index in [9.17, 15) is 19.2 Å². The van der Waals surface area contributed by atoms with E-state index in [1.807, 2.05) is 84.9 Å². The van der Waals surface area contributed by atoms with Crippen LogP contribution in [0.1, 0.15) is 92.2 Å². The van der Waals surface area contributed by atoms with E-state index in [4.69, 9.17) is 49.0 Å². The van der Waals surface area contributed by atoms with E-state index < -0.39 is 29.4 Å². The quantitative estimate of drug-likeness (QED) is 0.0934. The number of hydrogen-bond acceptors (Lipinski definition) is 10. The maximum absolute atomic E-state index is 12.4. The molecular weight excluding hydrogens is 819 g/mol. The first-order valence-corrected chi connectivity index (χ1v) is 19.2. The third-order valence-electron chi connectivity index (χ3n) is 7.92. The van der Waals surface area contributed by atoms with Gasteiger partial charge in [-0.25, -0.2) is 19.2 Å². The van der Waals surface area contributed by atoms with E-state index in [-0.39, 0.29) is 13.4 Å². The Morgan fingerprint density at radius 2 is 1.08 bits per heavy atom. The highest BCUT2D eigenvalue weighted by Crippen LogP contribution is 2.30. The normalized spacial score (nSPS) is 11.0. The summed E-state index contributed by atoms with van der Waals surface area (Å²) in [6.45, 7) is 12.7. The number of nitrogens with zero attached hydrogens (tertiary/aromatic N) is 4. The molecule has 314 valence electrons. The Bertz CT molecular complexity index is 2440. The van der Waals surface area contributed by atoms with Crippen LogP contribution in [-0.2, 0) is 31.2 Å². The lowest BCUT2D eigenvalue weighted by Crippen LogP contribution is -2.26. The van der Waals surface area contributed by atoms with Crippen molar-refractivity contribution in [2.24, 2.45) is 0 Å². The number of benzene rings is 2. The van der Waals surface area contributed by atoms with Crippen LogP contribution in [0.3, 0.4) is 0 Å². The minimum Gasteiger partial charge on any atom is -0.465 e. The number of aryl methyl sites for hydroxylation is 1. The molecule has 0 saturated carbocycles. The zero-order chi connectivity index (χ0) is 42.9. The fraction of sp³-hybridized carbons (Fsp3) is 0.318. The number of carbonyl (C=O) groups is 4. The van der Waals surface area contributed by atoms with Gasteiger partial charge >= 0.3 is 24.1 Å². The van der Waals surface area contributed by atoms with Crippen LogP contribution in [0.2, 0.25) is 10.0 Å². The largest absolute Gasteiger partial charge is 0.465 e. The molecule has 2 aromatic carbocycles. The summed E-state index contributed by atoms with van der Waals surface area (Å²) in [4.78, 5) is 55.4. The molecule has 0 bridgehead atoms. The summed E-state index contributed by atoms with van der Waals surface area (Å²) in [6.07, 6.45) is 5.87. The summed E-state index contributed by atoms with van der Waals surface area (Å²) in [5.74, 6) is -0.323. The van der Waals surface area contributed by atoms with E-state index in [0.29, 0.717) is 44.5 Å². The van der Waals surface area contributed by atoms with Gasteiger partial charge in [-0.05, 0) is 108 Å². The minimum absolute atomic E-state index is 0. The van der Waals surface area contributed by atoms with E-state index in [0.717, 1.165) is 33.3 Å². The minimum atomic E-state index is -0.601. The molecule has 0 N–H and O–H groups in total. The first kappa shape index (κ1) is 47.9. The van der Waals surface area contributed by atoms with Crippen LogP contribution in [0.4, 0.5) is 9.59 Å². The molecule has 6 rings (SSSR count). The predicted molar refractivity (Wildman–Crippen MR) is 232 cm³/mol. The number of halogens is 3. The van der Waals surface area contributed by atoms with E-state index in [1.165, 1.54) is 23.4 Å². The van der Waals surface area contributed by atoms with Gasteiger partial charge in [-0.3, -0.25) is 19.1 Å². The summed E-state index contributed by atoms with van der Waals surface area (Å²) in [7, 11) is 2.70. The second-order valence-corrected chi connectivity index (χ2v) is 16.0. The Hall–Kier alpha value is -5.43. The number of fused-ring (bicyclic) bond motifs is 2. The van der Waals surface area contributed by atoms with Crippen LogP contribution in [0.25, 0.3) is 21.8 Å². The first-order valence-electron chi connectivity index (χ1n) is 17.9. The molecule has 4 aromatic heterocycles. The Morgan fingerprint density at radius 1 is 0.644 bits per heavy atom. The second-order valence-electron chi connectivity index (χ2n) is 14.9. The highest BCUT2D eigenvalue weighted by Gasteiger charge is 2.22. The Morgan fingerprint density at radius 3 is 1.53 bits per heavy atom. The fourth-order valence-electron chi connectivity index (χ4n) is 5.41. The van der Waals surface area contributed by atoms with Crippen LogP contribution in [0, 0.1) is 6.92 Å². The zero-order valence-electron chi connectivity index (χ0n) is 33.7. The van der Waals surface area contributed by atoms with Gasteiger partial charge in [-0.1, -0.05) is 42.8 Å². The van der Waals surface area contributed by atoms with Gasteiger partial charge in [-0.15, -0.1) is 11.6 Å². The second kappa shape index (κ2) is 20.5. The predicted octanol–water partition coefficient (Wildman–Crippen LogP) is 11.5. The number of methoxy groups -OCH3 is 2. The summed E-state index contributed by atoms with van der Waals surface area (Å²) in [5.41, 5.74) is 4.67. The van der Waals surface area contributed by atoms with Crippen LogP contribution < -0.4 is 0 Å². The standard InChI is InChI=1S/C21H21ClN2O4.C14H15Cl2NO2.C8H9NO2.CH4/c1-21(2,3)28-20(26)24-12-17(22)16-10-13(5-6-18(16)24)9-15-11-14(7-8-23-15)19(25)27-4;1-14(2,3)19-13(18)17-8-11(16)10-6-9(7-15)4-5-12(10)17;1-6-5-7(3-4-9-6)8(10)11-2;/h5-8,10-12H,9H2,1-4H3;4-6,8H,7H2,1-3H3;3-5H,1-2H3;1H4. The fourth-order valence-corrected chi connectivity index (χ4v) is 6.07. The Labute approximate surface area is 359 Å². The number of aromatic nitrogens is 4. The van der Waals surface area contributed by atoms with Crippen molar-refractivity contribution in [1.29, 1.82) is 0 Å².